The summed E-state index contributed by atoms with van der Waals surface area (Å²) in [5.41, 5.74) is 1.56. The van der Waals surface area contributed by atoms with Crippen molar-refractivity contribution in [1.29, 1.82) is 0 Å². The maximum Gasteiger partial charge on any atom is 0.0891 e. The third kappa shape index (κ3) is 3.49. The van der Waals surface area contributed by atoms with Gasteiger partial charge in [-0.2, -0.15) is 5.10 Å². The minimum atomic E-state index is -0.103. The number of hydrogen-bond donors (Lipinski definition) is 1. The van der Waals surface area contributed by atoms with Gasteiger partial charge < -0.3 is 10.1 Å². The molecule has 0 aromatic carbocycles. The van der Waals surface area contributed by atoms with Crippen LogP contribution < -0.4 is 5.32 Å². The van der Waals surface area contributed by atoms with E-state index in [-0.39, 0.29) is 11.6 Å². The van der Waals surface area contributed by atoms with Gasteiger partial charge in [0.2, 0.25) is 0 Å². The molecular formula is C17H31N3O. The van der Waals surface area contributed by atoms with Crippen molar-refractivity contribution >= 4 is 0 Å². The zero-order valence-corrected chi connectivity index (χ0v) is 14.3. The summed E-state index contributed by atoms with van der Waals surface area (Å²) in [5, 5.41) is 8.02. The van der Waals surface area contributed by atoms with Gasteiger partial charge in [-0.1, -0.05) is 20.8 Å². The molecule has 2 rings (SSSR count). The summed E-state index contributed by atoms with van der Waals surface area (Å²) in [7, 11) is 2.02. The van der Waals surface area contributed by atoms with E-state index in [1.54, 1.807) is 0 Å². The highest BCUT2D eigenvalue weighted by atomic mass is 16.5. The molecule has 1 aromatic rings. The van der Waals surface area contributed by atoms with Crippen LogP contribution in [0.4, 0.5) is 0 Å². The van der Waals surface area contributed by atoms with E-state index < -0.39 is 0 Å². The Morgan fingerprint density at radius 3 is 2.43 bits per heavy atom. The molecule has 0 bridgehead atoms. The first-order chi connectivity index (χ1) is 9.94. The number of rotatable bonds is 6. The number of hydrogen-bond acceptors (Lipinski definition) is 3. The number of aromatic nitrogens is 2. The normalized spacial score (nSPS) is 22.1. The van der Waals surface area contributed by atoms with E-state index >= 15 is 0 Å². The van der Waals surface area contributed by atoms with Crippen LogP contribution in [0.5, 0.6) is 0 Å². The Labute approximate surface area is 129 Å². The highest BCUT2D eigenvalue weighted by Gasteiger charge is 2.46. The maximum absolute atomic E-state index is 6.35. The first-order valence-corrected chi connectivity index (χ1v) is 8.29. The van der Waals surface area contributed by atoms with E-state index in [0.717, 1.165) is 26.0 Å². The Bertz CT molecular complexity index is 443. The Morgan fingerprint density at radius 1 is 1.29 bits per heavy atom. The predicted molar refractivity (Wildman–Crippen MR) is 86.2 cm³/mol. The first-order valence-electron chi connectivity index (χ1n) is 8.29. The predicted octanol–water partition coefficient (Wildman–Crippen LogP) is 3.45. The van der Waals surface area contributed by atoms with Gasteiger partial charge in [0.25, 0.3) is 0 Å². The summed E-state index contributed by atoms with van der Waals surface area (Å²) in [4.78, 5) is 0. The molecule has 0 saturated heterocycles. The second kappa shape index (κ2) is 6.49. The van der Waals surface area contributed by atoms with Crippen molar-refractivity contribution in [3.8, 4) is 0 Å². The Morgan fingerprint density at radius 2 is 1.95 bits per heavy atom. The summed E-state index contributed by atoms with van der Waals surface area (Å²) < 4.78 is 8.33. The molecule has 0 spiro atoms. The van der Waals surface area contributed by atoms with Crippen molar-refractivity contribution in [2.45, 2.75) is 65.0 Å². The fourth-order valence-corrected chi connectivity index (χ4v) is 3.59. The van der Waals surface area contributed by atoms with Crippen LogP contribution in [-0.4, -0.2) is 28.5 Å². The smallest absolute Gasteiger partial charge is 0.0891 e. The number of nitrogens with zero attached hydrogens (tertiary/aromatic N) is 2. The van der Waals surface area contributed by atoms with E-state index in [1.165, 1.54) is 18.5 Å². The van der Waals surface area contributed by atoms with Gasteiger partial charge in [-0.15, -0.1) is 0 Å². The van der Waals surface area contributed by atoms with Gasteiger partial charge in [-0.05, 0) is 50.6 Å². The molecule has 1 N–H and O–H groups in total. The van der Waals surface area contributed by atoms with Gasteiger partial charge in [0.05, 0.1) is 17.3 Å². The Balaban J connectivity index is 2.31. The molecule has 1 fully saturated rings. The molecule has 0 aliphatic heterocycles. The molecule has 0 radical (unpaired) electrons. The number of likely N-dealkylation sites (N-methyl/N-ethyl adjacent to an activating group) is 1. The zero-order valence-electron chi connectivity index (χ0n) is 14.3. The van der Waals surface area contributed by atoms with Crippen molar-refractivity contribution < 1.29 is 4.74 Å². The van der Waals surface area contributed by atoms with E-state index in [1.807, 2.05) is 17.9 Å². The van der Waals surface area contributed by atoms with Crippen molar-refractivity contribution in [3.63, 3.8) is 0 Å². The van der Waals surface area contributed by atoms with Gasteiger partial charge in [0, 0.05) is 19.9 Å². The van der Waals surface area contributed by atoms with Crippen LogP contribution in [0.3, 0.4) is 0 Å². The number of ether oxygens (including phenoxy) is 1. The minimum absolute atomic E-state index is 0.103. The van der Waals surface area contributed by atoms with Crippen LogP contribution in [0.15, 0.2) is 12.3 Å². The van der Waals surface area contributed by atoms with Crippen LogP contribution in [0.25, 0.3) is 0 Å². The third-order valence-electron chi connectivity index (χ3n) is 4.97. The van der Waals surface area contributed by atoms with Crippen LogP contribution in [0.1, 0.15) is 65.1 Å². The number of nitrogens with one attached hydrogen (secondary N) is 1. The summed E-state index contributed by atoms with van der Waals surface area (Å²) >= 11 is 0. The lowest BCUT2D eigenvalue weighted by Crippen LogP contribution is -2.50. The zero-order chi connectivity index (χ0) is 15.5. The summed E-state index contributed by atoms with van der Waals surface area (Å²) in [6, 6.07) is 2.33. The van der Waals surface area contributed by atoms with Crippen molar-refractivity contribution in [2.75, 3.05) is 13.2 Å². The van der Waals surface area contributed by atoms with Gasteiger partial charge in [-0.3, -0.25) is 4.68 Å². The molecule has 1 unspecified atom stereocenters. The molecule has 1 saturated carbocycles. The molecule has 4 nitrogen and oxygen atoms in total. The molecule has 21 heavy (non-hydrogen) atoms. The van der Waals surface area contributed by atoms with Crippen molar-refractivity contribution in [3.05, 3.63) is 18.0 Å². The molecule has 1 aromatic heterocycles. The highest BCUT2D eigenvalue weighted by Crippen LogP contribution is 2.47. The summed E-state index contributed by atoms with van der Waals surface area (Å²) in [5.74, 6) is 0. The van der Waals surface area contributed by atoms with Crippen LogP contribution in [-0.2, 0) is 11.8 Å². The van der Waals surface area contributed by atoms with Crippen LogP contribution in [0, 0.1) is 5.41 Å². The third-order valence-corrected chi connectivity index (χ3v) is 4.97. The molecule has 1 heterocycles. The molecule has 4 heteroatoms. The van der Waals surface area contributed by atoms with Crippen LogP contribution >= 0.6 is 0 Å². The average Bonchev–Trinajstić information content (AvgIpc) is 2.85. The lowest BCUT2D eigenvalue weighted by molar-refractivity contribution is -0.109. The SMILES string of the molecule is CCNC(c1ccnn1C)C1(OCC)CCC(C)(C)CC1. The Kier molecular flexibility index (Phi) is 5.10. The van der Waals surface area contributed by atoms with E-state index in [0.29, 0.717) is 5.41 Å². The lowest BCUT2D eigenvalue weighted by Gasteiger charge is -2.47. The topological polar surface area (TPSA) is 39.1 Å². The van der Waals surface area contributed by atoms with E-state index in [2.05, 4.69) is 44.2 Å². The van der Waals surface area contributed by atoms with Gasteiger partial charge in [-0.25, -0.2) is 0 Å². The van der Waals surface area contributed by atoms with Gasteiger partial charge in [0.1, 0.15) is 0 Å². The minimum Gasteiger partial charge on any atom is -0.373 e. The fourth-order valence-electron chi connectivity index (χ4n) is 3.59. The van der Waals surface area contributed by atoms with Gasteiger partial charge in [0.15, 0.2) is 0 Å². The first kappa shape index (κ1) is 16.5. The summed E-state index contributed by atoms with van der Waals surface area (Å²) in [6.07, 6.45) is 6.53. The molecule has 1 aliphatic rings. The largest absolute Gasteiger partial charge is 0.373 e. The number of aryl methyl sites for hydroxylation is 1. The molecular weight excluding hydrogens is 262 g/mol. The van der Waals surface area contributed by atoms with E-state index in [4.69, 9.17) is 4.74 Å². The summed E-state index contributed by atoms with van der Waals surface area (Å²) in [6.45, 7) is 10.7. The molecule has 1 atom stereocenters. The van der Waals surface area contributed by atoms with Crippen molar-refractivity contribution in [2.24, 2.45) is 12.5 Å². The highest BCUT2D eigenvalue weighted by molar-refractivity contribution is 5.15. The molecule has 120 valence electrons. The monoisotopic (exact) mass is 293 g/mol. The van der Waals surface area contributed by atoms with Crippen molar-refractivity contribution in [1.82, 2.24) is 15.1 Å². The van der Waals surface area contributed by atoms with Crippen LogP contribution in [0.2, 0.25) is 0 Å². The second-order valence-corrected chi connectivity index (χ2v) is 7.03. The second-order valence-electron chi connectivity index (χ2n) is 7.03. The quantitative estimate of drug-likeness (QED) is 0.873. The average molecular weight is 293 g/mol. The standard InChI is InChI=1S/C17H31N3O/c1-6-18-15(14-8-13-19-20(14)5)17(21-7-2)11-9-16(3,4)10-12-17/h8,13,15,18H,6-7,9-12H2,1-5H3. The van der Waals surface area contributed by atoms with Gasteiger partial charge >= 0.3 is 0 Å². The van der Waals surface area contributed by atoms with E-state index in [9.17, 15) is 0 Å². The lowest BCUT2D eigenvalue weighted by atomic mass is 9.68. The molecule has 1 aliphatic carbocycles. The Hall–Kier alpha value is -0.870. The maximum atomic E-state index is 6.35. The molecule has 0 amide bonds. The fraction of sp³-hybridized carbons (Fsp3) is 0.824.